The number of carbonyl (C=O) groups is 1. The predicted octanol–water partition coefficient (Wildman–Crippen LogP) is 4.47. The van der Waals surface area contributed by atoms with Gasteiger partial charge in [0.2, 0.25) is 0 Å². The molecule has 0 atom stereocenters. The quantitative estimate of drug-likeness (QED) is 0.703. The van der Waals surface area contributed by atoms with Gasteiger partial charge < -0.3 is 10.2 Å². The molecular weight excluding hydrogens is 375 g/mol. The van der Waals surface area contributed by atoms with Gasteiger partial charge in [0.25, 0.3) is 5.91 Å². The SMILES string of the molecule is CN1CCc2nc(C(=O)Nc3c(F)cc(F)cc3F)sc2-c2ccccc21. The van der Waals surface area contributed by atoms with Crippen LogP contribution in [0.3, 0.4) is 0 Å². The van der Waals surface area contributed by atoms with Crippen LogP contribution in [0.25, 0.3) is 10.4 Å². The molecule has 0 fully saturated rings. The molecule has 1 amide bonds. The van der Waals surface area contributed by atoms with Crippen molar-refractivity contribution in [3.05, 3.63) is 64.6 Å². The maximum absolute atomic E-state index is 13.8. The molecule has 2 aromatic carbocycles. The number of hydrogen-bond acceptors (Lipinski definition) is 4. The van der Waals surface area contributed by atoms with Crippen molar-refractivity contribution in [2.24, 2.45) is 0 Å². The van der Waals surface area contributed by atoms with Gasteiger partial charge in [0, 0.05) is 43.4 Å². The summed E-state index contributed by atoms with van der Waals surface area (Å²) in [7, 11) is 1.99. The van der Waals surface area contributed by atoms with Crippen LogP contribution in [-0.4, -0.2) is 24.5 Å². The molecule has 138 valence electrons. The lowest BCUT2D eigenvalue weighted by Gasteiger charge is -2.18. The summed E-state index contributed by atoms with van der Waals surface area (Å²) in [4.78, 5) is 19.8. The first-order valence-corrected chi connectivity index (χ1v) is 9.02. The van der Waals surface area contributed by atoms with Gasteiger partial charge in [0.15, 0.2) is 16.6 Å². The Labute approximate surface area is 157 Å². The number of carbonyl (C=O) groups excluding carboxylic acids is 1. The Balaban J connectivity index is 1.69. The van der Waals surface area contributed by atoms with Crippen molar-refractivity contribution in [1.82, 2.24) is 4.98 Å². The smallest absolute Gasteiger partial charge is 0.284 e. The largest absolute Gasteiger partial charge is 0.374 e. The first-order chi connectivity index (χ1) is 12.9. The number of para-hydroxylation sites is 1. The molecular formula is C19H14F3N3OS. The number of thiazole rings is 1. The van der Waals surface area contributed by atoms with Gasteiger partial charge >= 0.3 is 0 Å². The highest BCUT2D eigenvalue weighted by atomic mass is 32.1. The molecule has 0 spiro atoms. The fourth-order valence-electron chi connectivity index (χ4n) is 3.05. The van der Waals surface area contributed by atoms with Crippen molar-refractivity contribution < 1.29 is 18.0 Å². The van der Waals surface area contributed by atoms with Crippen LogP contribution < -0.4 is 10.2 Å². The molecule has 1 aliphatic heterocycles. The topological polar surface area (TPSA) is 45.2 Å². The van der Waals surface area contributed by atoms with Crippen LogP contribution in [0.2, 0.25) is 0 Å². The Hall–Kier alpha value is -2.87. The minimum atomic E-state index is -1.18. The van der Waals surface area contributed by atoms with Crippen molar-refractivity contribution in [2.75, 3.05) is 23.8 Å². The number of rotatable bonds is 2. The summed E-state index contributed by atoms with van der Waals surface area (Å²) in [6.07, 6.45) is 0.642. The molecule has 1 aliphatic rings. The van der Waals surface area contributed by atoms with E-state index in [0.29, 0.717) is 18.6 Å². The third-order valence-electron chi connectivity index (χ3n) is 4.38. The van der Waals surface area contributed by atoms with Crippen LogP contribution in [0.4, 0.5) is 24.5 Å². The molecule has 2 heterocycles. The van der Waals surface area contributed by atoms with E-state index >= 15 is 0 Å². The molecule has 0 radical (unpaired) electrons. The predicted molar refractivity (Wildman–Crippen MR) is 98.8 cm³/mol. The second-order valence-electron chi connectivity index (χ2n) is 6.18. The van der Waals surface area contributed by atoms with Gasteiger partial charge in [-0.2, -0.15) is 0 Å². The molecule has 4 nitrogen and oxygen atoms in total. The van der Waals surface area contributed by atoms with Gasteiger partial charge in [0.05, 0.1) is 10.6 Å². The number of nitrogens with zero attached hydrogens (tertiary/aromatic N) is 2. The Kier molecular flexibility index (Phi) is 4.35. The number of hydrogen-bond donors (Lipinski definition) is 1. The lowest BCUT2D eigenvalue weighted by atomic mass is 10.1. The van der Waals surface area contributed by atoms with E-state index in [9.17, 15) is 18.0 Å². The normalized spacial score (nSPS) is 13.0. The van der Waals surface area contributed by atoms with Crippen molar-refractivity contribution in [1.29, 1.82) is 0 Å². The minimum absolute atomic E-state index is 0.0995. The summed E-state index contributed by atoms with van der Waals surface area (Å²) < 4.78 is 40.6. The number of amides is 1. The molecule has 8 heteroatoms. The third kappa shape index (κ3) is 3.16. The fourth-order valence-corrected chi connectivity index (χ4v) is 4.09. The van der Waals surface area contributed by atoms with Crippen LogP contribution in [0.1, 0.15) is 15.5 Å². The third-order valence-corrected chi connectivity index (χ3v) is 5.51. The van der Waals surface area contributed by atoms with Gasteiger partial charge in [-0.15, -0.1) is 11.3 Å². The van der Waals surface area contributed by atoms with E-state index in [1.807, 2.05) is 31.3 Å². The zero-order valence-corrected chi connectivity index (χ0v) is 15.0. The molecule has 1 aromatic heterocycles. The Morgan fingerprint density at radius 1 is 1.19 bits per heavy atom. The van der Waals surface area contributed by atoms with Crippen molar-refractivity contribution in [3.8, 4) is 10.4 Å². The van der Waals surface area contributed by atoms with Crippen LogP contribution in [-0.2, 0) is 6.42 Å². The van der Waals surface area contributed by atoms with Crippen LogP contribution in [0.5, 0.6) is 0 Å². The minimum Gasteiger partial charge on any atom is -0.374 e. The summed E-state index contributed by atoms with van der Waals surface area (Å²) >= 11 is 1.17. The lowest BCUT2D eigenvalue weighted by Crippen LogP contribution is -2.19. The monoisotopic (exact) mass is 389 g/mol. The van der Waals surface area contributed by atoms with Crippen molar-refractivity contribution in [2.45, 2.75) is 6.42 Å². The van der Waals surface area contributed by atoms with Crippen LogP contribution in [0.15, 0.2) is 36.4 Å². The fraction of sp³-hybridized carbons (Fsp3) is 0.158. The second-order valence-corrected chi connectivity index (χ2v) is 7.18. The summed E-state index contributed by atoms with van der Waals surface area (Å²) in [6.45, 7) is 0.732. The molecule has 27 heavy (non-hydrogen) atoms. The highest BCUT2D eigenvalue weighted by Gasteiger charge is 2.24. The average Bonchev–Trinajstić information content (AvgIpc) is 3.01. The van der Waals surface area contributed by atoms with Crippen LogP contribution in [0, 0.1) is 17.5 Å². The zero-order valence-electron chi connectivity index (χ0n) is 14.2. The highest BCUT2D eigenvalue weighted by Crippen LogP contribution is 2.39. The second kappa shape index (κ2) is 6.70. The van der Waals surface area contributed by atoms with Gasteiger partial charge in [-0.25, -0.2) is 18.2 Å². The summed E-state index contributed by atoms with van der Waals surface area (Å²) in [5.41, 5.74) is 2.07. The molecule has 1 N–H and O–H groups in total. The maximum Gasteiger partial charge on any atom is 0.284 e. The van der Waals surface area contributed by atoms with E-state index in [-0.39, 0.29) is 5.01 Å². The molecule has 0 aliphatic carbocycles. The summed E-state index contributed by atoms with van der Waals surface area (Å²) in [5, 5.41) is 2.26. The van der Waals surface area contributed by atoms with Gasteiger partial charge in [-0.05, 0) is 6.07 Å². The Bertz CT molecular complexity index is 1030. The Morgan fingerprint density at radius 3 is 2.63 bits per heavy atom. The van der Waals surface area contributed by atoms with E-state index in [2.05, 4.69) is 15.2 Å². The van der Waals surface area contributed by atoms with E-state index in [0.717, 1.165) is 28.4 Å². The number of halogens is 3. The number of nitrogens with one attached hydrogen (secondary N) is 1. The zero-order chi connectivity index (χ0) is 19.1. The van der Waals surface area contributed by atoms with Gasteiger partial charge in [0.1, 0.15) is 11.5 Å². The first-order valence-electron chi connectivity index (χ1n) is 8.20. The van der Waals surface area contributed by atoms with Gasteiger partial charge in [-0.1, -0.05) is 18.2 Å². The summed E-state index contributed by atoms with van der Waals surface area (Å²) in [5.74, 6) is -4.13. The first kappa shape index (κ1) is 17.5. The number of fused-ring (bicyclic) bond motifs is 3. The van der Waals surface area contributed by atoms with Crippen molar-refractivity contribution >= 4 is 28.6 Å². The van der Waals surface area contributed by atoms with Crippen molar-refractivity contribution in [3.63, 3.8) is 0 Å². The number of anilines is 2. The molecule has 4 rings (SSSR count). The molecule has 0 unspecified atom stereocenters. The van der Waals surface area contributed by atoms with Gasteiger partial charge in [-0.3, -0.25) is 4.79 Å². The lowest BCUT2D eigenvalue weighted by molar-refractivity contribution is 0.102. The van der Waals surface area contributed by atoms with E-state index < -0.39 is 29.0 Å². The summed E-state index contributed by atoms with van der Waals surface area (Å²) in [6, 6.07) is 8.82. The van der Waals surface area contributed by atoms with E-state index in [1.54, 1.807) is 0 Å². The number of benzene rings is 2. The molecule has 3 aromatic rings. The standard InChI is InChI=1S/C19H14F3N3OS/c1-25-7-6-14-17(11-4-2-3-5-15(11)25)27-19(23-14)18(26)24-16-12(21)8-10(20)9-13(16)22/h2-5,8-9H,6-7H2,1H3,(H,24,26). The van der Waals surface area contributed by atoms with E-state index in [4.69, 9.17) is 0 Å². The van der Waals surface area contributed by atoms with Crippen LogP contribution >= 0.6 is 11.3 Å². The molecule has 0 saturated heterocycles. The molecule has 0 bridgehead atoms. The number of likely N-dealkylation sites (N-methyl/N-ethyl adjacent to an activating group) is 1. The average molecular weight is 389 g/mol. The molecule has 0 saturated carbocycles. The highest BCUT2D eigenvalue weighted by molar-refractivity contribution is 7.17. The van der Waals surface area contributed by atoms with E-state index in [1.165, 1.54) is 11.3 Å². The Morgan fingerprint density at radius 2 is 1.89 bits per heavy atom. The maximum atomic E-state index is 13.8. The number of aromatic nitrogens is 1.